The van der Waals surface area contributed by atoms with Crippen molar-refractivity contribution >= 4 is 23.8 Å². The molecule has 0 aliphatic carbocycles. The normalized spacial score (nSPS) is 19.7. The summed E-state index contributed by atoms with van der Waals surface area (Å²) in [5.41, 5.74) is 2.96. The Bertz CT molecular complexity index is 1420. The Hall–Kier alpha value is -4.18. The lowest BCUT2D eigenvalue weighted by atomic mass is 9.87. The van der Waals surface area contributed by atoms with E-state index in [1.165, 1.54) is 26.2 Å². The molecule has 44 heavy (non-hydrogen) atoms. The number of urea groups is 1. The van der Waals surface area contributed by atoms with Gasteiger partial charge in [-0.1, -0.05) is 12.1 Å². The second-order valence-corrected chi connectivity index (χ2v) is 11.3. The Morgan fingerprint density at radius 2 is 1.89 bits per heavy atom. The first kappa shape index (κ1) is 32.7. The third kappa shape index (κ3) is 7.13. The van der Waals surface area contributed by atoms with Crippen LogP contribution >= 0.6 is 0 Å². The number of carbonyl (C=O) groups excluding carboxylic acids is 4. The minimum absolute atomic E-state index is 0.0214. The number of ether oxygens (including phenoxy) is 1. The SMILES string of the molecule is CC(C)(N)C(=O)NC(COCc1ccc(F)cc1F)C(=O)N1CCN2C(=O)N(CC(F)(F)F)C(=O)C2(Cc2cccnc2)C1. The van der Waals surface area contributed by atoms with Gasteiger partial charge in [0.15, 0.2) is 0 Å². The molecular weight excluding hydrogens is 595 g/mol. The van der Waals surface area contributed by atoms with Gasteiger partial charge in [0.05, 0.1) is 25.3 Å². The van der Waals surface area contributed by atoms with Gasteiger partial charge in [-0.15, -0.1) is 0 Å². The molecule has 2 atom stereocenters. The minimum Gasteiger partial charge on any atom is -0.374 e. The van der Waals surface area contributed by atoms with Crippen LogP contribution < -0.4 is 11.1 Å². The molecule has 1 aromatic heterocycles. The van der Waals surface area contributed by atoms with Crippen LogP contribution in [0.1, 0.15) is 25.0 Å². The molecule has 2 saturated heterocycles. The first-order chi connectivity index (χ1) is 20.5. The van der Waals surface area contributed by atoms with E-state index in [0.717, 1.165) is 21.9 Å². The van der Waals surface area contributed by atoms with E-state index >= 15 is 0 Å². The van der Waals surface area contributed by atoms with Gasteiger partial charge in [0.25, 0.3) is 5.91 Å². The number of fused-ring (bicyclic) bond motifs is 1. The van der Waals surface area contributed by atoms with Crippen molar-refractivity contribution in [1.82, 2.24) is 25.0 Å². The second kappa shape index (κ2) is 12.4. The molecule has 0 radical (unpaired) electrons. The Labute approximate surface area is 249 Å². The monoisotopic (exact) mass is 626 g/mol. The molecule has 11 nitrogen and oxygen atoms in total. The van der Waals surface area contributed by atoms with Crippen LogP contribution in [0, 0.1) is 11.6 Å². The maximum absolute atomic E-state index is 14.1. The number of nitrogens with zero attached hydrogens (tertiary/aromatic N) is 4. The average Bonchev–Trinajstić information content (AvgIpc) is 3.13. The molecule has 0 spiro atoms. The number of carbonyl (C=O) groups is 4. The van der Waals surface area contributed by atoms with E-state index in [2.05, 4.69) is 10.3 Å². The second-order valence-electron chi connectivity index (χ2n) is 11.3. The number of halogens is 5. The molecule has 2 aliphatic rings. The van der Waals surface area contributed by atoms with Crippen molar-refractivity contribution in [3.05, 3.63) is 65.5 Å². The van der Waals surface area contributed by atoms with E-state index in [4.69, 9.17) is 10.5 Å². The molecule has 5 amide bonds. The number of imide groups is 1. The van der Waals surface area contributed by atoms with E-state index in [-0.39, 0.29) is 30.0 Å². The number of nitrogens with one attached hydrogen (secondary N) is 1. The number of benzene rings is 1. The summed E-state index contributed by atoms with van der Waals surface area (Å²) in [6, 6.07) is 3.41. The molecule has 2 aliphatic heterocycles. The maximum atomic E-state index is 14.1. The van der Waals surface area contributed by atoms with Crippen molar-refractivity contribution in [2.24, 2.45) is 5.73 Å². The van der Waals surface area contributed by atoms with E-state index in [1.54, 1.807) is 12.1 Å². The number of amides is 5. The highest BCUT2D eigenvalue weighted by molar-refractivity contribution is 6.08. The highest BCUT2D eigenvalue weighted by Gasteiger charge is 2.61. The van der Waals surface area contributed by atoms with Crippen LogP contribution in [0.15, 0.2) is 42.7 Å². The van der Waals surface area contributed by atoms with Crippen LogP contribution in [-0.2, 0) is 32.1 Å². The quantitative estimate of drug-likeness (QED) is 0.303. The zero-order valence-electron chi connectivity index (χ0n) is 23.9. The topological polar surface area (TPSA) is 138 Å². The minimum atomic E-state index is -4.86. The number of rotatable bonds is 10. The summed E-state index contributed by atoms with van der Waals surface area (Å²) in [5, 5.41) is 2.48. The summed E-state index contributed by atoms with van der Waals surface area (Å²) in [7, 11) is 0. The molecule has 2 fully saturated rings. The summed E-state index contributed by atoms with van der Waals surface area (Å²) < 4.78 is 73.0. The van der Waals surface area contributed by atoms with Gasteiger partial charge in [-0.25, -0.2) is 13.6 Å². The molecule has 2 unspecified atom stereocenters. The zero-order chi connectivity index (χ0) is 32.4. The van der Waals surface area contributed by atoms with Gasteiger partial charge < -0.3 is 25.6 Å². The Morgan fingerprint density at radius 1 is 1.16 bits per heavy atom. The van der Waals surface area contributed by atoms with Crippen LogP contribution in [-0.4, -0.2) is 99.5 Å². The number of aromatic nitrogens is 1. The number of alkyl halides is 3. The molecular formula is C28H31F5N6O5. The predicted octanol–water partition coefficient (Wildman–Crippen LogP) is 1.75. The van der Waals surface area contributed by atoms with E-state index < -0.39 is 85.0 Å². The first-order valence-corrected chi connectivity index (χ1v) is 13.5. The third-order valence-corrected chi connectivity index (χ3v) is 7.28. The zero-order valence-corrected chi connectivity index (χ0v) is 23.9. The van der Waals surface area contributed by atoms with Gasteiger partial charge in [0.1, 0.15) is 29.8 Å². The van der Waals surface area contributed by atoms with E-state index in [0.29, 0.717) is 11.6 Å². The molecule has 1 aromatic carbocycles. The molecule has 2 aromatic rings. The summed E-state index contributed by atoms with van der Waals surface area (Å²) >= 11 is 0. The van der Waals surface area contributed by atoms with Crippen LogP contribution in [0.2, 0.25) is 0 Å². The van der Waals surface area contributed by atoms with Crippen molar-refractivity contribution in [3.8, 4) is 0 Å². The van der Waals surface area contributed by atoms with Crippen LogP contribution in [0.5, 0.6) is 0 Å². The van der Waals surface area contributed by atoms with Crippen molar-refractivity contribution in [1.29, 1.82) is 0 Å². The number of nitrogens with two attached hydrogens (primary N) is 1. The Kier molecular flexibility index (Phi) is 9.25. The number of hydrogen-bond donors (Lipinski definition) is 2. The largest absolute Gasteiger partial charge is 0.406 e. The smallest absolute Gasteiger partial charge is 0.374 e. The maximum Gasteiger partial charge on any atom is 0.406 e. The van der Waals surface area contributed by atoms with Crippen LogP contribution in [0.3, 0.4) is 0 Å². The lowest BCUT2D eigenvalue weighted by Crippen LogP contribution is -2.67. The molecule has 238 valence electrons. The molecule has 0 saturated carbocycles. The first-order valence-electron chi connectivity index (χ1n) is 13.5. The molecule has 3 heterocycles. The van der Waals surface area contributed by atoms with E-state index in [9.17, 15) is 41.1 Å². The summed E-state index contributed by atoms with van der Waals surface area (Å²) in [6.45, 7) is -0.882. The van der Waals surface area contributed by atoms with Gasteiger partial charge >= 0.3 is 12.2 Å². The lowest BCUT2D eigenvalue weighted by Gasteiger charge is -2.45. The van der Waals surface area contributed by atoms with Crippen molar-refractivity contribution in [2.75, 3.05) is 32.8 Å². The number of hydrogen-bond acceptors (Lipinski definition) is 7. The fraction of sp³-hybridized carbons (Fsp3) is 0.464. The number of pyridine rings is 1. The van der Waals surface area contributed by atoms with Crippen molar-refractivity contribution in [2.45, 2.75) is 50.2 Å². The highest BCUT2D eigenvalue weighted by Crippen LogP contribution is 2.37. The van der Waals surface area contributed by atoms with Gasteiger partial charge in [-0.05, 0) is 31.5 Å². The Morgan fingerprint density at radius 3 is 2.50 bits per heavy atom. The van der Waals surface area contributed by atoms with Crippen LogP contribution in [0.4, 0.5) is 26.7 Å². The van der Waals surface area contributed by atoms with Crippen molar-refractivity contribution in [3.63, 3.8) is 0 Å². The fourth-order valence-electron chi connectivity index (χ4n) is 5.10. The van der Waals surface area contributed by atoms with E-state index in [1.807, 2.05) is 0 Å². The van der Waals surface area contributed by atoms with Crippen LogP contribution in [0.25, 0.3) is 0 Å². The molecule has 16 heteroatoms. The standard InChI is InChI=1S/C28H31F5N6O5/c1-26(2,34)23(41)36-21(14-44-13-18-5-6-19(29)10-20(18)30)22(40)37-8-9-39-25(43)38(16-28(31,32)33)24(42)27(39,15-37)11-17-4-3-7-35-12-17/h3-7,10,12,21H,8-9,11,13-16,34H2,1-2H3,(H,36,41). The molecule has 4 rings (SSSR count). The van der Waals surface area contributed by atoms with Gasteiger partial charge in [-0.3, -0.25) is 24.3 Å². The predicted molar refractivity (Wildman–Crippen MR) is 143 cm³/mol. The van der Waals surface area contributed by atoms with Crippen molar-refractivity contribution < 1.29 is 45.9 Å². The molecule has 0 bridgehead atoms. The van der Waals surface area contributed by atoms with Gasteiger partial charge in [0.2, 0.25) is 11.8 Å². The summed E-state index contributed by atoms with van der Waals surface area (Å²) in [5.74, 6) is -4.35. The van der Waals surface area contributed by atoms with Gasteiger partial charge in [-0.2, -0.15) is 13.2 Å². The fourth-order valence-corrected chi connectivity index (χ4v) is 5.10. The number of piperazine rings is 1. The average molecular weight is 627 g/mol. The molecule has 3 N–H and O–H groups in total. The Balaban J connectivity index is 1.61. The lowest BCUT2D eigenvalue weighted by molar-refractivity contribution is -0.157. The highest BCUT2D eigenvalue weighted by atomic mass is 19.4. The third-order valence-electron chi connectivity index (χ3n) is 7.28. The van der Waals surface area contributed by atoms with Gasteiger partial charge in [0, 0.05) is 43.5 Å². The summed E-state index contributed by atoms with van der Waals surface area (Å²) in [6.07, 6.45) is -2.25. The summed E-state index contributed by atoms with van der Waals surface area (Å²) in [4.78, 5) is 59.6.